The minimum Gasteiger partial charge on any atom is -0.378 e. The van der Waals surface area contributed by atoms with Crippen LogP contribution in [0.1, 0.15) is 4.88 Å². The predicted octanol–water partition coefficient (Wildman–Crippen LogP) is 2.94. The van der Waals surface area contributed by atoms with E-state index in [1.807, 2.05) is 14.1 Å². The summed E-state index contributed by atoms with van der Waals surface area (Å²) in [5.41, 5.74) is 8.09. The number of nitrogens with two attached hydrogens (primary N) is 1. The summed E-state index contributed by atoms with van der Waals surface area (Å²) < 4.78 is 0. The fourth-order valence-electron chi connectivity index (χ4n) is 1.57. The van der Waals surface area contributed by atoms with Crippen molar-refractivity contribution in [2.75, 3.05) is 19.0 Å². The minimum absolute atomic E-state index is 0.625. The quantitative estimate of drug-likeness (QED) is 0.881. The van der Waals surface area contributed by atoms with E-state index in [0.29, 0.717) is 6.54 Å². The molecule has 1 aromatic carbocycles. The molecule has 0 aliphatic heterocycles. The van der Waals surface area contributed by atoms with Crippen LogP contribution in [0.5, 0.6) is 0 Å². The first kappa shape index (κ1) is 11.2. The van der Waals surface area contributed by atoms with Gasteiger partial charge in [-0.2, -0.15) is 0 Å². The Morgan fingerprint density at radius 1 is 1.06 bits per heavy atom. The zero-order valence-electron chi connectivity index (χ0n) is 9.60. The number of thiophene rings is 1. The number of hydrogen-bond acceptors (Lipinski definition) is 3. The summed E-state index contributed by atoms with van der Waals surface area (Å²) in [4.78, 5) is 4.61. The maximum absolute atomic E-state index is 5.61. The molecule has 0 fully saturated rings. The van der Waals surface area contributed by atoms with E-state index in [2.05, 4.69) is 41.3 Å². The van der Waals surface area contributed by atoms with E-state index in [-0.39, 0.29) is 0 Å². The topological polar surface area (TPSA) is 29.3 Å². The van der Waals surface area contributed by atoms with Crippen LogP contribution >= 0.6 is 11.3 Å². The van der Waals surface area contributed by atoms with Crippen LogP contribution in [0, 0.1) is 0 Å². The van der Waals surface area contributed by atoms with Crippen molar-refractivity contribution >= 4 is 17.0 Å². The fourth-order valence-corrected chi connectivity index (χ4v) is 2.46. The van der Waals surface area contributed by atoms with Crippen LogP contribution in [0.15, 0.2) is 36.4 Å². The van der Waals surface area contributed by atoms with Crippen molar-refractivity contribution in [1.29, 1.82) is 0 Å². The molecule has 0 radical (unpaired) electrons. The van der Waals surface area contributed by atoms with Gasteiger partial charge in [-0.3, -0.25) is 0 Å². The Balaban J connectivity index is 2.27. The van der Waals surface area contributed by atoms with Crippen LogP contribution in [0.2, 0.25) is 0 Å². The largest absolute Gasteiger partial charge is 0.378 e. The van der Waals surface area contributed by atoms with E-state index >= 15 is 0 Å². The van der Waals surface area contributed by atoms with Gasteiger partial charge in [-0.15, -0.1) is 11.3 Å². The van der Waals surface area contributed by atoms with Gasteiger partial charge in [-0.05, 0) is 29.8 Å². The number of benzene rings is 1. The molecule has 0 unspecified atom stereocenters. The van der Waals surface area contributed by atoms with Gasteiger partial charge in [0.25, 0.3) is 0 Å². The molecule has 0 saturated carbocycles. The molecule has 84 valence electrons. The van der Waals surface area contributed by atoms with Crippen LogP contribution < -0.4 is 10.6 Å². The van der Waals surface area contributed by atoms with Crippen molar-refractivity contribution in [3.63, 3.8) is 0 Å². The molecule has 0 aliphatic carbocycles. The second-order valence-electron chi connectivity index (χ2n) is 3.91. The lowest BCUT2D eigenvalue weighted by molar-refractivity contribution is 1.11. The fraction of sp³-hybridized carbons (Fsp3) is 0.231. The lowest BCUT2D eigenvalue weighted by atomic mass is 10.1. The Morgan fingerprint density at radius 2 is 1.75 bits per heavy atom. The summed E-state index contributed by atoms with van der Waals surface area (Å²) in [7, 11) is 4.10. The third kappa shape index (κ3) is 2.26. The molecule has 1 heterocycles. The molecule has 2 N–H and O–H groups in total. The Labute approximate surface area is 100 Å². The third-order valence-electron chi connectivity index (χ3n) is 2.53. The lowest BCUT2D eigenvalue weighted by Gasteiger charge is -2.12. The van der Waals surface area contributed by atoms with Gasteiger partial charge < -0.3 is 10.6 Å². The summed E-state index contributed by atoms with van der Waals surface area (Å²) >= 11 is 1.76. The highest BCUT2D eigenvalue weighted by Crippen LogP contribution is 2.29. The first-order valence-electron chi connectivity index (χ1n) is 5.27. The molecular formula is C13H16N2S. The Bertz CT molecular complexity index is 457. The maximum Gasteiger partial charge on any atom is 0.0361 e. The molecular weight excluding hydrogens is 216 g/mol. The van der Waals surface area contributed by atoms with Gasteiger partial charge in [0.15, 0.2) is 0 Å². The first-order chi connectivity index (χ1) is 7.70. The highest BCUT2D eigenvalue weighted by molar-refractivity contribution is 7.15. The number of rotatable bonds is 3. The standard InChI is InChI=1S/C13H16N2S/c1-15(2)11-5-3-10(4-6-11)13-8-7-12(9-14)16-13/h3-8H,9,14H2,1-2H3. The van der Waals surface area contributed by atoms with E-state index in [4.69, 9.17) is 5.73 Å². The molecule has 0 aliphatic rings. The predicted molar refractivity (Wildman–Crippen MR) is 72.0 cm³/mol. The van der Waals surface area contributed by atoms with E-state index in [1.54, 1.807) is 11.3 Å². The van der Waals surface area contributed by atoms with Crippen LogP contribution in [0.4, 0.5) is 5.69 Å². The van der Waals surface area contributed by atoms with Crippen molar-refractivity contribution in [3.8, 4) is 10.4 Å². The van der Waals surface area contributed by atoms with Crippen LogP contribution in [-0.4, -0.2) is 14.1 Å². The Morgan fingerprint density at radius 3 is 2.25 bits per heavy atom. The zero-order valence-corrected chi connectivity index (χ0v) is 10.4. The van der Waals surface area contributed by atoms with E-state index in [1.165, 1.54) is 21.0 Å². The summed E-state index contributed by atoms with van der Waals surface area (Å²) in [5.74, 6) is 0. The van der Waals surface area contributed by atoms with Crippen LogP contribution in [-0.2, 0) is 6.54 Å². The van der Waals surface area contributed by atoms with Crippen molar-refractivity contribution in [2.24, 2.45) is 5.73 Å². The third-order valence-corrected chi connectivity index (χ3v) is 3.69. The number of anilines is 1. The Kier molecular flexibility index (Phi) is 3.27. The molecule has 2 aromatic rings. The normalized spacial score (nSPS) is 10.4. The molecule has 2 rings (SSSR count). The van der Waals surface area contributed by atoms with Gasteiger partial charge in [-0.25, -0.2) is 0 Å². The molecule has 0 saturated heterocycles. The van der Waals surface area contributed by atoms with Crippen LogP contribution in [0.3, 0.4) is 0 Å². The highest BCUT2D eigenvalue weighted by atomic mass is 32.1. The molecule has 1 aromatic heterocycles. The first-order valence-corrected chi connectivity index (χ1v) is 6.09. The van der Waals surface area contributed by atoms with Crippen molar-refractivity contribution in [3.05, 3.63) is 41.3 Å². The van der Waals surface area contributed by atoms with Gasteiger partial charge in [0.05, 0.1) is 0 Å². The molecule has 2 nitrogen and oxygen atoms in total. The second-order valence-corrected chi connectivity index (χ2v) is 5.08. The monoisotopic (exact) mass is 232 g/mol. The highest BCUT2D eigenvalue weighted by Gasteiger charge is 2.02. The van der Waals surface area contributed by atoms with Gasteiger partial charge in [-0.1, -0.05) is 12.1 Å². The molecule has 3 heteroatoms. The lowest BCUT2D eigenvalue weighted by Crippen LogP contribution is -2.07. The van der Waals surface area contributed by atoms with Gasteiger partial charge in [0.1, 0.15) is 0 Å². The smallest absolute Gasteiger partial charge is 0.0361 e. The van der Waals surface area contributed by atoms with Gasteiger partial charge in [0.2, 0.25) is 0 Å². The summed E-state index contributed by atoms with van der Waals surface area (Å²) in [6.07, 6.45) is 0. The van der Waals surface area contributed by atoms with Crippen molar-refractivity contribution in [2.45, 2.75) is 6.54 Å². The summed E-state index contributed by atoms with van der Waals surface area (Å²) in [6.45, 7) is 0.625. The number of nitrogens with zero attached hydrogens (tertiary/aromatic N) is 1. The van der Waals surface area contributed by atoms with Gasteiger partial charge >= 0.3 is 0 Å². The van der Waals surface area contributed by atoms with Crippen LogP contribution in [0.25, 0.3) is 10.4 Å². The average molecular weight is 232 g/mol. The van der Waals surface area contributed by atoms with E-state index in [9.17, 15) is 0 Å². The molecule has 0 bridgehead atoms. The SMILES string of the molecule is CN(C)c1ccc(-c2ccc(CN)s2)cc1. The van der Waals surface area contributed by atoms with E-state index in [0.717, 1.165) is 0 Å². The van der Waals surface area contributed by atoms with Crippen molar-refractivity contribution in [1.82, 2.24) is 0 Å². The zero-order chi connectivity index (χ0) is 11.5. The van der Waals surface area contributed by atoms with Gasteiger partial charge in [0, 0.05) is 36.1 Å². The molecule has 0 atom stereocenters. The second kappa shape index (κ2) is 4.68. The molecule has 0 amide bonds. The van der Waals surface area contributed by atoms with E-state index < -0.39 is 0 Å². The van der Waals surface area contributed by atoms with Crippen molar-refractivity contribution < 1.29 is 0 Å². The summed E-state index contributed by atoms with van der Waals surface area (Å²) in [5, 5.41) is 0. The molecule has 0 spiro atoms. The summed E-state index contributed by atoms with van der Waals surface area (Å²) in [6, 6.07) is 12.8. The average Bonchev–Trinajstić information content (AvgIpc) is 2.77. The Hall–Kier alpha value is -1.32. The maximum atomic E-state index is 5.61. The minimum atomic E-state index is 0.625. The molecule has 16 heavy (non-hydrogen) atoms. The number of hydrogen-bond donors (Lipinski definition) is 1.